The Balaban J connectivity index is 2.37. The lowest BCUT2D eigenvalue weighted by atomic mass is 9.95. The lowest BCUT2D eigenvalue weighted by molar-refractivity contribution is 0.0126. The minimum atomic E-state index is -3.66. The van der Waals surface area contributed by atoms with Crippen LogP contribution in [0.3, 0.4) is 0 Å². The van der Waals surface area contributed by atoms with Crippen molar-refractivity contribution in [1.82, 2.24) is 4.31 Å². The summed E-state index contributed by atoms with van der Waals surface area (Å²) in [6, 6.07) is 3.22. The van der Waals surface area contributed by atoms with E-state index < -0.39 is 15.6 Å². The van der Waals surface area contributed by atoms with Crippen molar-refractivity contribution < 1.29 is 13.5 Å². The molecule has 20 heavy (non-hydrogen) atoms. The second-order valence-electron chi connectivity index (χ2n) is 5.21. The Labute approximate surface area is 135 Å². The number of rotatable bonds is 2. The SMILES string of the molecule is CC1(O)CCN(S(=O)(=O)c2c(N)cc(Br)cc2Br)CC1. The molecule has 1 fully saturated rings. The smallest absolute Gasteiger partial charge is 0.246 e. The van der Waals surface area contributed by atoms with Crippen molar-refractivity contribution in [3.63, 3.8) is 0 Å². The van der Waals surface area contributed by atoms with E-state index in [9.17, 15) is 13.5 Å². The lowest BCUT2D eigenvalue weighted by Gasteiger charge is -2.35. The number of hydrogen-bond acceptors (Lipinski definition) is 4. The first-order valence-corrected chi connectivity index (χ1v) is 9.13. The van der Waals surface area contributed by atoms with Crippen molar-refractivity contribution in [1.29, 1.82) is 0 Å². The van der Waals surface area contributed by atoms with E-state index in [0.717, 1.165) is 0 Å². The standard InChI is InChI=1S/C12H16Br2N2O3S/c1-12(17)2-4-16(5-3-12)20(18,19)11-9(14)6-8(13)7-10(11)15/h6-7,17H,2-5,15H2,1H3. The Hall–Kier alpha value is -0.150. The van der Waals surface area contributed by atoms with Crippen molar-refractivity contribution in [3.8, 4) is 0 Å². The highest BCUT2D eigenvalue weighted by Crippen LogP contribution is 2.35. The fourth-order valence-electron chi connectivity index (χ4n) is 2.19. The molecule has 1 aromatic carbocycles. The van der Waals surface area contributed by atoms with E-state index in [1.807, 2.05) is 0 Å². The number of hydrogen-bond donors (Lipinski definition) is 2. The maximum Gasteiger partial charge on any atom is 0.246 e. The number of halogens is 2. The summed E-state index contributed by atoms with van der Waals surface area (Å²) in [6.07, 6.45) is 0.834. The van der Waals surface area contributed by atoms with Crippen LogP contribution in [-0.2, 0) is 10.0 Å². The fourth-order valence-corrected chi connectivity index (χ4v) is 5.65. The molecule has 1 aromatic rings. The highest BCUT2D eigenvalue weighted by atomic mass is 79.9. The predicted molar refractivity (Wildman–Crippen MR) is 84.9 cm³/mol. The molecular weight excluding hydrogens is 412 g/mol. The van der Waals surface area contributed by atoms with E-state index in [-0.39, 0.29) is 23.7 Å². The number of nitrogen functional groups attached to an aromatic ring is 1. The van der Waals surface area contributed by atoms with Crippen LogP contribution in [0.4, 0.5) is 5.69 Å². The zero-order chi connectivity index (χ0) is 15.1. The average Bonchev–Trinajstić information content (AvgIpc) is 2.26. The zero-order valence-electron chi connectivity index (χ0n) is 10.9. The third kappa shape index (κ3) is 3.19. The van der Waals surface area contributed by atoms with Crippen LogP contribution in [0.5, 0.6) is 0 Å². The van der Waals surface area contributed by atoms with Crippen LogP contribution in [0, 0.1) is 0 Å². The molecule has 2 rings (SSSR count). The van der Waals surface area contributed by atoms with Gasteiger partial charge in [0.15, 0.2) is 0 Å². The molecule has 112 valence electrons. The van der Waals surface area contributed by atoms with Gasteiger partial charge in [-0.3, -0.25) is 0 Å². The van der Waals surface area contributed by atoms with Gasteiger partial charge in [0.2, 0.25) is 10.0 Å². The molecule has 0 bridgehead atoms. The Bertz CT molecular complexity index is 599. The summed E-state index contributed by atoms with van der Waals surface area (Å²) < 4.78 is 27.9. The van der Waals surface area contributed by atoms with Crippen LogP contribution in [0.15, 0.2) is 26.0 Å². The Kier molecular flexibility index (Phi) is 4.52. The highest BCUT2D eigenvalue weighted by Gasteiger charge is 2.35. The third-order valence-corrected chi connectivity index (χ3v) is 6.80. The van der Waals surface area contributed by atoms with Gasteiger partial charge in [0.25, 0.3) is 0 Å². The van der Waals surface area contributed by atoms with E-state index in [0.29, 0.717) is 21.8 Å². The number of benzene rings is 1. The molecule has 0 aliphatic carbocycles. The van der Waals surface area contributed by atoms with Crippen LogP contribution in [0.2, 0.25) is 0 Å². The molecule has 0 amide bonds. The van der Waals surface area contributed by atoms with Gasteiger partial charge < -0.3 is 10.8 Å². The first-order chi connectivity index (χ1) is 9.13. The van der Waals surface area contributed by atoms with Crippen molar-refractivity contribution in [2.24, 2.45) is 0 Å². The maximum absolute atomic E-state index is 12.7. The van der Waals surface area contributed by atoms with Crippen molar-refractivity contribution in [2.45, 2.75) is 30.3 Å². The van der Waals surface area contributed by atoms with Crippen molar-refractivity contribution >= 4 is 47.6 Å². The molecule has 0 aromatic heterocycles. The largest absolute Gasteiger partial charge is 0.398 e. The van der Waals surface area contributed by atoms with Gasteiger partial charge >= 0.3 is 0 Å². The molecule has 3 N–H and O–H groups in total. The van der Waals surface area contributed by atoms with Gasteiger partial charge in [-0.2, -0.15) is 4.31 Å². The lowest BCUT2D eigenvalue weighted by Crippen LogP contribution is -2.45. The van der Waals surface area contributed by atoms with Crippen LogP contribution in [0.1, 0.15) is 19.8 Å². The van der Waals surface area contributed by atoms with Crippen LogP contribution < -0.4 is 5.73 Å². The molecule has 0 atom stereocenters. The van der Waals surface area contributed by atoms with E-state index in [1.54, 1.807) is 19.1 Å². The van der Waals surface area contributed by atoms with E-state index in [2.05, 4.69) is 31.9 Å². The molecule has 8 heteroatoms. The van der Waals surface area contributed by atoms with Crippen molar-refractivity contribution in [2.75, 3.05) is 18.8 Å². The first-order valence-electron chi connectivity index (χ1n) is 6.10. The molecule has 5 nitrogen and oxygen atoms in total. The summed E-state index contributed by atoms with van der Waals surface area (Å²) in [5, 5.41) is 9.91. The molecule has 1 saturated heterocycles. The number of nitrogens with zero attached hydrogens (tertiary/aromatic N) is 1. The number of anilines is 1. The summed E-state index contributed by atoms with van der Waals surface area (Å²) in [7, 11) is -3.66. The van der Waals surface area contributed by atoms with Gasteiger partial charge in [0.05, 0.1) is 11.3 Å². The van der Waals surface area contributed by atoms with Gasteiger partial charge in [-0.1, -0.05) is 15.9 Å². The number of nitrogens with two attached hydrogens (primary N) is 1. The molecule has 0 spiro atoms. The minimum absolute atomic E-state index is 0.0854. The van der Waals surface area contributed by atoms with Gasteiger partial charge in [0.1, 0.15) is 4.90 Å². The topological polar surface area (TPSA) is 83.6 Å². The molecule has 0 radical (unpaired) electrons. The quantitative estimate of drug-likeness (QED) is 0.709. The van der Waals surface area contributed by atoms with Crippen LogP contribution in [0.25, 0.3) is 0 Å². The fraction of sp³-hybridized carbons (Fsp3) is 0.500. The molecule has 1 aliphatic rings. The van der Waals surface area contributed by atoms with Gasteiger partial charge in [-0.15, -0.1) is 0 Å². The first kappa shape index (κ1) is 16.2. The predicted octanol–water partition coefficient (Wildman–Crippen LogP) is 2.33. The number of piperidine rings is 1. The maximum atomic E-state index is 12.7. The van der Waals surface area contributed by atoms with Gasteiger partial charge in [-0.05, 0) is 47.8 Å². The van der Waals surface area contributed by atoms with Gasteiger partial charge in [-0.25, -0.2) is 8.42 Å². The average molecular weight is 428 g/mol. The van der Waals surface area contributed by atoms with E-state index >= 15 is 0 Å². The summed E-state index contributed by atoms with van der Waals surface area (Å²) in [5.74, 6) is 0. The molecule has 1 aliphatic heterocycles. The third-order valence-electron chi connectivity index (χ3n) is 3.43. The number of sulfonamides is 1. The second kappa shape index (κ2) is 5.57. The molecule has 0 saturated carbocycles. The molecule has 1 heterocycles. The summed E-state index contributed by atoms with van der Waals surface area (Å²) in [4.78, 5) is 0.0854. The van der Waals surface area contributed by atoms with Gasteiger partial charge in [0, 0.05) is 22.0 Å². The molecular formula is C12H16Br2N2O3S. The Morgan fingerprint density at radius 2 is 1.85 bits per heavy atom. The second-order valence-corrected chi connectivity index (χ2v) is 8.85. The Morgan fingerprint density at radius 1 is 1.30 bits per heavy atom. The number of aliphatic hydroxyl groups is 1. The van der Waals surface area contributed by atoms with E-state index in [1.165, 1.54) is 4.31 Å². The normalized spacial score (nSPS) is 20.0. The summed E-state index contributed by atoms with van der Waals surface area (Å²) in [5.41, 5.74) is 5.25. The van der Waals surface area contributed by atoms with Crippen LogP contribution >= 0.6 is 31.9 Å². The van der Waals surface area contributed by atoms with Crippen LogP contribution in [-0.4, -0.2) is 36.5 Å². The minimum Gasteiger partial charge on any atom is -0.398 e. The summed E-state index contributed by atoms with van der Waals surface area (Å²) >= 11 is 6.53. The Morgan fingerprint density at radius 3 is 2.35 bits per heavy atom. The van der Waals surface area contributed by atoms with E-state index in [4.69, 9.17) is 5.73 Å². The highest BCUT2D eigenvalue weighted by molar-refractivity contribution is 9.11. The molecule has 0 unspecified atom stereocenters. The zero-order valence-corrected chi connectivity index (χ0v) is 14.9. The summed E-state index contributed by atoms with van der Waals surface area (Å²) in [6.45, 7) is 2.30. The van der Waals surface area contributed by atoms with Crippen molar-refractivity contribution in [3.05, 3.63) is 21.1 Å². The monoisotopic (exact) mass is 426 g/mol.